The predicted molar refractivity (Wildman–Crippen MR) is 260 cm³/mol. The molecule has 11 nitrogen and oxygen atoms in total. The molecule has 0 radical (unpaired) electrons. The fourth-order valence-electron chi connectivity index (χ4n) is 9.64. The topological polar surface area (TPSA) is 101 Å². The summed E-state index contributed by atoms with van der Waals surface area (Å²) in [5, 5.41) is 5.25. The zero-order chi connectivity index (χ0) is 44.3. The van der Waals surface area contributed by atoms with E-state index in [1.54, 1.807) is 23.5 Å². The lowest BCUT2D eigenvalue weighted by molar-refractivity contribution is -0.156. The van der Waals surface area contributed by atoms with Crippen molar-refractivity contribution in [2.24, 2.45) is 10.3 Å². The van der Waals surface area contributed by atoms with Gasteiger partial charge in [0.05, 0.1) is 59.9 Å². The highest BCUT2D eigenvalue weighted by Crippen LogP contribution is 2.39. The van der Waals surface area contributed by atoms with Crippen LogP contribution in [0.4, 0.5) is 5.82 Å². The number of hydrogen-bond donors (Lipinski definition) is 1. The first-order chi connectivity index (χ1) is 30.5. The summed E-state index contributed by atoms with van der Waals surface area (Å²) in [6, 6.07) is 17.9. The second kappa shape index (κ2) is 22.3. The first-order valence-electron chi connectivity index (χ1n) is 23.6. The van der Waals surface area contributed by atoms with Gasteiger partial charge in [0.1, 0.15) is 17.3 Å². The molecule has 63 heavy (non-hydrogen) atoms. The van der Waals surface area contributed by atoms with Gasteiger partial charge in [0.25, 0.3) is 0 Å². The summed E-state index contributed by atoms with van der Waals surface area (Å²) in [5.41, 5.74) is 2.16. The van der Waals surface area contributed by atoms with Gasteiger partial charge in [-0.2, -0.15) is 4.37 Å². The number of nitrogens with zero attached hydrogens (tertiary/aromatic N) is 5. The monoisotopic (exact) mass is 901 g/mol. The number of hydrogen-bond acceptors (Lipinski definition) is 13. The molecule has 4 saturated heterocycles. The highest BCUT2D eigenvalue weighted by Gasteiger charge is 2.44. The number of carbonyl (C=O) groups excluding carboxylic acids is 1. The summed E-state index contributed by atoms with van der Waals surface area (Å²) in [4.78, 5) is 19.3. The zero-order valence-electron chi connectivity index (χ0n) is 38.7. The molecule has 1 N–H and O–H groups in total. The van der Waals surface area contributed by atoms with Gasteiger partial charge >= 0.3 is 5.97 Å². The van der Waals surface area contributed by atoms with E-state index in [0.717, 1.165) is 110 Å². The summed E-state index contributed by atoms with van der Waals surface area (Å²) in [5.74, 6) is 2.59. The van der Waals surface area contributed by atoms with Crippen molar-refractivity contribution in [3.63, 3.8) is 0 Å². The van der Waals surface area contributed by atoms with Crippen LogP contribution >= 0.6 is 23.5 Å². The van der Waals surface area contributed by atoms with E-state index in [-0.39, 0.29) is 17.2 Å². The Morgan fingerprint density at radius 1 is 0.889 bits per heavy atom. The first kappa shape index (κ1) is 47.7. The van der Waals surface area contributed by atoms with Crippen molar-refractivity contribution in [1.29, 1.82) is 0 Å². The van der Waals surface area contributed by atoms with Crippen LogP contribution in [0.2, 0.25) is 0 Å². The Morgan fingerprint density at radius 2 is 1.62 bits per heavy atom. The molecule has 4 unspecified atom stereocenters. The Labute approximate surface area is 385 Å². The molecule has 5 aliphatic heterocycles. The minimum absolute atomic E-state index is 0.00758. The van der Waals surface area contributed by atoms with Crippen molar-refractivity contribution in [3.05, 3.63) is 84.0 Å². The van der Waals surface area contributed by atoms with Crippen LogP contribution in [0.1, 0.15) is 84.8 Å². The Hall–Kier alpha value is -3.30. The van der Waals surface area contributed by atoms with Crippen LogP contribution in [-0.4, -0.2) is 133 Å². The van der Waals surface area contributed by atoms with Crippen molar-refractivity contribution in [2.75, 3.05) is 83.7 Å². The van der Waals surface area contributed by atoms with Crippen LogP contribution < -0.4 is 10.2 Å². The molecule has 13 heteroatoms. The number of esters is 1. The fraction of sp³-hybridized carbons (Fsp3) is 0.620. The van der Waals surface area contributed by atoms with Gasteiger partial charge in [-0.3, -0.25) is 4.79 Å². The van der Waals surface area contributed by atoms with Crippen LogP contribution in [-0.2, 0) is 36.6 Å². The molecule has 0 saturated carbocycles. The second-order valence-electron chi connectivity index (χ2n) is 18.6. The maximum Gasteiger partial charge on any atom is 0.308 e. The van der Waals surface area contributed by atoms with E-state index in [0.29, 0.717) is 36.8 Å². The molecule has 2 aromatic carbocycles. The van der Waals surface area contributed by atoms with Crippen LogP contribution in [0.5, 0.6) is 0 Å². The predicted octanol–water partition coefficient (Wildman–Crippen LogP) is 8.53. The van der Waals surface area contributed by atoms with Crippen molar-refractivity contribution < 1.29 is 23.7 Å². The van der Waals surface area contributed by atoms with Crippen LogP contribution in [0.3, 0.4) is 0 Å². The molecular formula is C50H72N6O5S2. The molecule has 2 spiro atoms. The number of rotatable bonds is 10. The van der Waals surface area contributed by atoms with E-state index in [1.807, 2.05) is 34.6 Å². The number of benzene rings is 2. The molecule has 3 aromatic rings. The largest absolute Gasteiger partial charge is 0.460 e. The lowest BCUT2D eigenvalue weighted by Crippen LogP contribution is -2.58. The average molecular weight is 901 g/mol. The minimum atomic E-state index is -0.447. The van der Waals surface area contributed by atoms with E-state index in [9.17, 15) is 4.79 Å². The maximum atomic E-state index is 11.8. The Morgan fingerprint density at radius 3 is 2.41 bits per heavy atom. The van der Waals surface area contributed by atoms with Crippen LogP contribution in [0, 0.1) is 5.92 Å². The smallest absolute Gasteiger partial charge is 0.308 e. The number of likely N-dealkylation sites (tertiary alicyclic amines) is 1. The molecule has 4 atom stereocenters. The molecule has 0 bridgehead atoms. The van der Waals surface area contributed by atoms with E-state index in [2.05, 4.69) is 99.8 Å². The van der Waals surface area contributed by atoms with Gasteiger partial charge in [0.15, 0.2) is 0 Å². The molecule has 1 aromatic heterocycles. The second-order valence-corrected chi connectivity index (χ2v) is 20.4. The molecule has 6 heterocycles. The van der Waals surface area contributed by atoms with Crippen molar-refractivity contribution in [3.8, 4) is 0 Å². The summed E-state index contributed by atoms with van der Waals surface area (Å²) in [6.45, 7) is 22.6. The van der Waals surface area contributed by atoms with Gasteiger partial charge in [-0.25, -0.2) is 4.40 Å². The fourth-order valence-corrected chi connectivity index (χ4v) is 11.4. The van der Waals surface area contributed by atoms with Gasteiger partial charge in [0.2, 0.25) is 0 Å². The summed E-state index contributed by atoms with van der Waals surface area (Å²) >= 11 is 3.31. The summed E-state index contributed by atoms with van der Waals surface area (Å²) < 4.78 is 34.5. The quantitative estimate of drug-likeness (QED) is 0.121. The summed E-state index contributed by atoms with van der Waals surface area (Å²) in [7, 11) is 0. The molecule has 4 fully saturated rings. The number of fused-ring (bicyclic) bond motifs is 2. The van der Waals surface area contributed by atoms with Gasteiger partial charge in [0, 0.05) is 57.2 Å². The van der Waals surface area contributed by atoms with E-state index < -0.39 is 5.60 Å². The molecule has 9 rings (SSSR count). The molecular weight excluding hydrogens is 829 g/mol. The van der Waals surface area contributed by atoms with Gasteiger partial charge in [-0.15, -0.1) is 0 Å². The number of aromatic nitrogens is 1. The van der Waals surface area contributed by atoms with Crippen molar-refractivity contribution in [2.45, 2.75) is 115 Å². The molecule has 1 aliphatic carbocycles. The Kier molecular flexibility index (Phi) is 16.8. The maximum absolute atomic E-state index is 11.8. The van der Waals surface area contributed by atoms with E-state index in [1.165, 1.54) is 27.0 Å². The van der Waals surface area contributed by atoms with Gasteiger partial charge < -0.3 is 39.0 Å². The lowest BCUT2D eigenvalue weighted by atomic mass is 9.86. The lowest BCUT2D eigenvalue weighted by Gasteiger charge is -2.48. The Bertz CT molecular complexity index is 2020. The van der Waals surface area contributed by atoms with Crippen LogP contribution in [0.25, 0.3) is 10.1 Å². The van der Waals surface area contributed by atoms with E-state index >= 15 is 0 Å². The number of carbonyl (C=O) groups is 1. The van der Waals surface area contributed by atoms with Gasteiger partial charge in [-0.1, -0.05) is 74.5 Å². The third-order valence-electron chi connectivity index (χ3n) is 12.8. The summed E-state index contributed by atoms with van der Waals surface area (Å²) in [6.07, 6.45) is 15.4. The normalized spacial score (nSPS) is 25.6. The third-order valence-corrected chi connectivity index (χ3v) is 14.6. The minimum Gasteiger partial charge on any atom is -0.460 e. The van der Waals surface area contributed by atoms with Crippen molar-refractivity contribution >= 4 is 51.2 Å². The molecule has 6 aliphatic rings. The Balaban J connectivity index is 0.000000216. The first-order valence-corrected chi connectivity index (χ1v) is 25.2. The molecule has 0 amide bonds. The standard InChI is InChI=1S/C32H45N3O4S.C16H21N3OS.C2H6/c1-31(2,3)39-29(36)13-21-37-20-12-26-8-6-7-25(23-26)11-16-34-17-14-32(15-18-34)24-35(19-22-38-32)30-27-9-4-5-10-28(27)40-33-30;1-12-10-16(6-7-17-12)11-19(8-9-20-16)15-13-4-2-3-5-14(13)21-18-15;1-2/h4-10,23,27-28H,11-22,24H2,1-3H3;2-5,12,17H,6-11H2,1H3;1-2H3. The van der Waals surface area contributed by atoms with E-state index in [4.69, 9.17) is 27.7 Å². The van der Waals surface area contributed by atoms with Crippen LogP contribution in [0.15, 0.2) is 77.2 Å². The number of amidine groups is 1. The number of nitrogens with one attached hydrogen (secondary N) is 1. The number of morpholine rings is 2. The van der Waals surface area contributed by atoms with Gasteiger partial charge in [-0.05, 0) is 120 Å². The third kappa shape index (κ3) is 13.0. The highest BCUT2D eigenvalue weighted by atomic mass is 32.2. The SMILES string of the molecule is CC.CC(C)(C)OC(=O)CCOCCc1cccc(CCN2CCC3(CC2)CN(C2=NSC4C=CC=CC24)CCO3)c1.CC1CC2(CCN1)CN(c1nsc3ccccc13)CCO2. The average Bonchev–Trinajstić information content (AvgIpc) is 3.92. The van der Waals surface area contributed by atoms with Crippen molar-refractivity contribution in [1.82, 2.24) is 19.5 Å². The number of allylic oxidation sites excluding steroid dienone is 2. The number of piperidine rings is 2. The number of ether oxygens (including phenoxy) is 4. The zero-order valence-corrected chi connectivity index (χ0v) is 40.3. The molecule has 344 valence electrons. The highest BCUT2D eigenvalue weighted by molar-refractivity contribution is 7.99. The number of anilines is 1.